The third kappa shape index (κ3) is 13.3. The van der Waals surface area contributed by atoms with Crippen LogP contribution in [0.3, 0.4) is 0 Å². The van der Waals surface area contributed by atoms with Gasteiger partial charge in [-0.15, -0.1) is 24.3 Å². The van der Waals surface area contributed by atoms with E-state index in [1.165, 1.54) is 43.3 Å². The van der Waals surface area contributed by atoms with Crippen LogP contribution in [0.15, 0.2) is 61.7 Å². The summed E-state index contributed by atoms with van der Waals surface area (Å²) in [4.78, 5) is 0. The summed E-state index contributed by atoms with van der Waals surface area (Å²) in [7, 11) is 0. The van der Waals surface area contributed by atoms with Gasteiger partial charge in [0.05, 0.1) is 12.7 Å². The third-order valence-electron chi connectivity index (χ3n) is 7.69. The Morgan fingerprint density at radius 3 is 2.07 bits per heavy atom. The number of benzene rings is 2. The predicted molar refractivity (Wildman–Crippen MR) is 183 cm³/mol. The fraction of sp³-hybridized carbons (Fsp3) is 0.487. The van der Waals surface area contributed by atoms with Crippen molar-refractivity contribution in [2.75, 3.05) is 0 Å². The van der Waals surface area contributed by atoms with Gasteiger partial charge in [-0.1, -0.05) is 123 Å². The fourth-order valence-corrected chi connectivity index (χ4v) is 5.77. The van der Waals surface area contributed by atoms with Gasteiger partial charge in [0.1, 0.15) is 0 Å². The van der Waals surface area contributed by atoms with Gasteiger partial charge < -0.3 is 12.2 Å². The van der Waals surface area contributed by atoms with Crippen LogP contribution in [0.4, 0.5) is 8.78 Å². The maximum Gasteiger partial charge on any atom is 1.00 e. The summed E-state index contributed by atoms with van der Waals surface area (Å²) in [6, 6.07) is 11.4. The number of alkyl halides is 2. The molecule has 0 heterocycles. The Hall–Kier alpha value is -0.494. The minimum Gasteiger partial charge on any atom is -0.374 e. The van der Waals surface area contributed by atoms with Crippen molar-refractivity contribution < 1.29 is 82.0 Å². The number of ether oxygens (including phenoxy) is 1. The van der Waals surface area contributed by atoms with E-state index in [0.29, 0.717) is 23.7 Å². The molecule has 0 aromatic heterocycles. The first-order valence-corrected chi connectivity index (χ1v) is 15.9. The van der Waals surface area contributed by atoms with E-state index in [9.17, 15) is 8.78 Å². The van der Waals surface area contributed by atoms with E-state index in [-0.39, 0.29) is 87.5 Å². The topological polar surface area (TPSA) is 9.23 Å². The monoisotopic (exact) mass is 675 g/mol. The molecular formula is C39H58F2FeKO-. The van der Waals surface area contributed by atoms with Crippen molar-refractivity contribution in [3.63, 3.8) is 0 Å². The van der Waals surface area contributed by atoms with E-state index in [1.807, 2.05) is 59.7 Å². The van der Waals surface area contributed by atoms with Crippen LogP contribution in [0, 0.1) is 19.3 Å². The first kappa shape index (κ1) is 47.9. The maximum atomic E-state index is 14.2. The molecule has 0 N–H and O–H groups in total. The molecule has 2 aromatic rings. The van der Waals surface area contributed by atoms with Crippen molar-refractivity contribution in [1.29, 1.82) is 0 Å². The van der Waals surface area contributed by atoms with Crippen molar-refractivity contribution in [2.24, 2.45) is 5.92 Å². The second-order valence-electron chi connectivity index (χ2n) is 10.1. The summed E-state index contributed by atoms with van der Waals surface area (Å²) in [6.45, 7) is 27.0. The van der Waals surface area contributed by atoms with E-state index in [1.54, 1.807) is 12.1 Å². The number of allylic oxidation sites excluding steroid dienone is 2. The van der Waals surface area contributed by atoms with Crippen LogP contribution in [0.2, 0.25) is 0 Å². The third-order valence-corrected chi connectivity index (χ3v) is 7.69. The molecular weight excluding hydrogens is 617 g/mol. The molecule has 44 heavy (non-hydrogen) atoms. The van der Waals surface area contributed by atoms with Crippen molar-refractivity contribution in [1.82, 2.24) is 0 Å². The standard InChI is InChI=1S/C32H37F2O.3C2H6.CH3.Fe.K/c1-5-23-11-10-16-30(31(23)32(33)34)29-18-17-24(19-25(29)20-35-26-12-6-7-13-26)22(4)28-15-9-8-14-27(28)21(2)3;3*1-2;;;/h5,10-11,16-19,26-27,32H,1-2,4,6-9,12-15,20H2,3H3;3*1-2H3;1H3;;/q-1;;;;-1;;+1. The molecule has 1 unspecified atom stereocenters. The molecule has 1 nitrogen and oxygen atoms in total. The molecule has 0 amide bonds. The smallest absolute Gasteiger partial charge is 0.374 e. The zero-order chi connectivity index (χ0) is 30.9. The molecule has 2 fully saturated rings. The van der Waals surface area contributed by atoms with Gasteiger partial charge in [-0.3, -0.25) is 0 Å². The molecule has 5 heteroatoms. The first-order chi connectivity index (χ1) is 19.9. The van der Waals surface area contributed by atoms with Crippen molar-refractivity contribution in [2.45, 2.75) is 119 Å². The SMILES string of the molecule is C=Cc1cccc(-c2ccc(C(=C)[C-]3CCCCC3C(=C)C)cc2COC2CCCC2)c1C(F)F.CC.CC.CC.[CH3-].[Fe].[K+]. The predicted octanol–water partition coefficient (Wildman–Crippen LogP) is 10.3. The zero-order valence-corrected chi connectivity index (χ0v) is 33.5. The van der Waals surface area contributed by atoms with Crippen molar-refractivity contribution in [3.05, 3.63) is 97.3 Å². The fourth-order valence-electron chi connectivity index (χ4n) is 5.77. The van der Waals surface area contributed by atoms with Gasteiger partial charge in [-0.2, -0.15) is 18.1 Å². The Morgan fingerprint density at radius 2 is 1.52 bits per heavy atom. The molecule has 0 saturated heterocycles. The van der Waals surface area contributed by atoms with Gasteiger partial charge in [0.15, 0.2) is 0 Å². The molecule has 2 aromatic carbocycles. The zero-order valence-electron chi connectivity index (χ0n) is 29.3. The Labute approximate surface area is 323 Å². The van der Waals surface area contributed by atoms with Gasteiger partial charge in [0, 0.05) is 22.6 Å². The molecule has 2 aliphatic rings. The van der Waals surface area contributed by atoms with Crippen LogP contribution in [0.5, 0.6) is 0 Å². The van der Waals surface area contributed by atoms with Crippen LogP contribution in [-0.2, 0) is 28.4 Å². The Balaban J connectivity index is -0.00000176. The van der Waals surface area contributed by atoms with E-state index in [4.69, 9.17) is 4.74 Å². The molecule has 1 atom stereocenters. The summed E-state index contributed by atoms with van der Waals surface area (Å²) in [5.74, 6) is 1.73. The molecule has 0 bridgehead atoms. The van der Waals surface area contributed by atoms with E-state index in [2.05, 4.69) is 32.7 Å². The normalized spacial score (nSPS) is 15.3. The van der Waals surface area contributed by atoms with Gasteiger partial charge in [-0.25, -0.2) is 8.78 Å². The second-order valence-corrected chi connectivity index (χ2v) is 10.1. The number of hydrogen-bond acceptors (Lipinski definition) is 1. The molecule has 2 saturated carbocycles. The van der Waals surface area contributed by atoms with Crippen LogP contribution in [0.1, 0.15) is 129 Å². The molecule has 0 spiro atoms. The minimum atomic E-state index is -2.59. The average Bonchev–Trinajstić information content (AvgIpc) is 3.56. The molecule has 244 valence electrons. The van der Waals surface area contributed by atoms with Gasteiger partial charge in [-0.05, 0) is 47.9 Å². The quantitative estimate of drug-likeness (QED) is 0.146. The summed E-state index contributed by atoms with van der Waals surface area (Å²) in [6.07, 6.45) is 8.18. The Morgan fingerprint density at radius 1 is 0.932 bits per heavy atom. The minimum absolute atomic E-state index is 0. The van der Waals surface area contributed by atoms with Crippen LogP contribution < -0.4 is 51.4 Å². The molecule has 2 aliphatic carbocycles. The van der Waals surface area contributed by atoms with Crippen LogP contribution >= 0.6 is 0 Å². The maximum absolute atomic E-state index is 14.2. The summed E-state index contributed by atoms with van der Waals surface area (Å²) >= 11 is 0. The summed E-state index contributed by atoms with van der Waals surface area (Å²) < 4.78 is 34.7. The second kappa shape index (κ2) is 26.6. The molecule has 0 aliphatic heterocycles. The van der Waals surface area contributed by atoms with Crippen LogP contribution in [-0.4, -0.2) is 6.10 Å². The Bertz CT molecular complexity index is 1090. The number of rotatable bonds is 9. The summed E-state index contributed by atoms with van der Waals surface area (Å²) in [5, 5.41) is 0. The van der Waals surface area contributed by atoms with E-state index < -0.39 is 6.43 Å². The van der Waals surface area contributed by atoms with E-state index >= 15 is 0 Å². The van der Waals surface area contributed by atoms with Gasteiger partial charge in [0.2, 0.25) is 0 Å². The summed E-state index contributed by atoms with van der Waals surface area (Å²) in [5.41, 5.74) is 6.04. The Kier molecular flexibility index (Phi) is 28.9. The van der Waals surface area contributed by atoms with Gasteiger partial charge in [0.25, 0.3) is 6.43 Å². The number of halogens is 2. The van der Waals surface area contributed by atoms with E-state index in [0.717, 1.165) is 47.9 Å². The number of hydrogen-bond donors (Lipinski definition) is 0. The van der Waals surface area contributed by atoms with Crippen molar-refractivity contribution >= 4 is 11.6 Å². The van der Waals surface area contributed by atoms with Crippen molar-refractivity contribution in [3.8, 4) is 11.1 Å². The molecule has 4 rings (SSSR count). The average molecular weight is 676 g/mol. The van der Waals surface area contributed by atoms with Crippen LogP contribution in [0.25, 0.3) is 22.8 Å². The first-order valence-electron chi connectivity index (χ1n) is 15.9. The van der Waals surface area contributed by atoms with Gasteiger partial charge >= 0.3 is 51.4 Å². The molecule has 0 radical (unpaired) electrons. The largest absolute Gasteiger partial charge is 1.00 e.